The number of aromatic nitrogens is 2. The molecule has 3 heterocycles. The first-order valence-corrected chi connectivity index (χ1v) is 9.27. The van der Waals surface area contributed by atoms with E-state index in [1.54, 1.807) is 25.5 Å². The lowest BCUT2D eigenvalue weighted by molar-refractivity contribution is -0.0379. The molecule has 0 aliphatic carbocycles. The summed E-state index contributed by atoms with van der Waals surface area (Å²) in [6.45, 7) is 5.90. The molecular formula is C18H26F2N4O4. The molecule has 0 bridgehead atoms. The summed E-state index contributed by atoms with van der Waals surface area (Å²) in [5.41, 5.74) is 0.975. The number of hydrogen-bond donors (Lipinski definition) is 0. The third kappa shape index (κ3) is 4.49. The highest BCUT2D eigenvalue weighted by atomic mass is 19.3. The first kappa shape index (κ1) is 20.7. The van der Waals surface area contributed by atoms with Crippen molar-refractivity contribution in [3.8, 4) is 0 Å². The van der Waals surface area contributed by atoms with Crippen LogP contribution in [0.5, 0.6) is 0 Å². The summed E-state index contributed by atoms with van der Waals surface area (Å²) in [5.74, 6) is -0.433. The Morgan fingerprint density at radius 2 is 2.04 bits per heavy atom. The van der Waals surface area contributed by atoms with Crippen molar-refractivity contribution in [1.29, 1.82) is 0 Å². The average Bonchev–Trinajstić information content (AvgIpc) is 2.80. The van der Waals surface area contributed by atoms with Crippen LogP contribution in [0.3, 0.4) is 0 Å². The van der Waals surface area contributed by atoms with E-state index < -0.39 is 36.7 Å². The van der Waals surface area contributed by atoms with Gasteiger partial charge in [0, 0.05) is 26.1 Å². The summed E-state index contributed by atoms with van der Waals surface area (Å²) in [5, 5.41) is 4.50. The normalized spacial score (nSPS) is 20.8. The number of alkyl halides is 2. The summed E-state index contributed by atoms with van der Waals surface area (Å²) >= 11 is 0. The van der Waals surface area contributed by atoms with Crippen molar-refractivity contribution in [2.75, 3.05) is 26.7 Å². The fraction of sp³-hybridized carbons (Fsp3) is 0.722. The molecular weight excluding hydrogens is 374 g/mol. The molecule has 2 aliphatic heterocycles. The molecule has 28 heavy (non-hydrogen) atoms. The van der Waals surface area contributed by atoms with E-state index in [1.165, 1.54) is 0 Å². The Balaban J connectivity index is 1.84. The van der Waals surface area contributed by atoms with Crippen LogP contribution in [0.1, 0.15) is 42.5 Å². The SMILES string of the molecule is CN1Cc2c3c(nn2C[C@H](OCC(F)F)C1)CCN(C(=O)OC(C)(C)C)C3=O. The topological polar surface area (TPSA) is 76.9 Å². The molecule has 8 nitrogen and oxygen atoms in total. The Morgan fingerprint density at radius 1 is 1.32 bits per heavy atom. The van der Waals surface area contributed by atoms with Gasteiger partial charge in [-0.1, -0.05) is 0 Å². The second-order valence-corrected chi connectivity index (χ2v) is 8.18. The van der Waals surface area contributed by atoms with Gasteiger partial charge in [0.25, 0.3) is 12.3 Å². The number of rotatable bonds is 3. The summed E-state index contributed by atoms with van der Waals surface area (Å²) in [4.78, 5) is 28.4. The van der Waals surface area contributed by atoms with Crippen LogP contribution < -0.4 is 0 Å². The highest BCUT2D eigenvalue weighted by Gasteiger charge is 2.38. The smallest absolute Gasteiger partial charge is 0.417 e. The first-order valence-electron chi connectivity index (χ1n) is 9.27. The van der Waals surface area contributed by atoms with Gasteiger partial charge in [-0.3, -0.25) is 14.4 Å². The van der Waals surface area contributed by atoms with Gasteiger partial charge in [-0.2, -0.15) is 5.10 Å². The van der Waals surface area contributed by atoms with Crippen LogP contribution >= 0.6 is 0 Å². The van der Waals surface area contributed by atoms with Crippen LogP contribution in [0.4, 0.5) is 13.6 Å². The van der Waals surface area contributed by atoms with E-state index in [4.69, 9.17) is 9.47 Å². The van der Waals surface area contributed by atoms with Crippen LogP contribution in [-0.4, -0.2) is 76.5 Å². The second-order valence-electron chi connectivity index (χ2n) is 8.18. The molecule has 0 unspecified atom stereocenters. The number of hydrogen-bond acceptors (Lipinski definition) is 6. The fourth-order valence-electron chi connectivity index (χ4n) is 3.46. The summed E-state index contributed by atoms with van der Waals surface area (Å²) in [7, 11) is 1.83. The lowest BCUT2D eigenvalue weighted by Gasteiger charge is -2.28. The van der Waals surface area contributed by atoms with Crippen molar-refractivity contribution in [3.63, 3.8) is 0 Å². The summed E-state index contributed by atoms with van der Waals surface area (Å²) in [6, 6.07) is 0. The second kappa shape index (κ2) is 7.75. The summed E-state index contributed by atoms with van der Waals surface area (Å²) in [6.07, 6.45) is -3.25. The highest BCUT2D eigenvalue weighted by Crippen LogP contribution is 2.27. The van der Waals surface area contributed by atoms with Gasteiger partial charge >= 0.3 is 6.09 Å². The zero-order chi connectivity index (χ0) is 20.6. The largest absolute Gasteiger partial charge is 0.443 e. The van der Waals surface area contributed by atoms with Crippen LogP contribution in [-0.2, 0) is 29.0 Å². The number of imide groups is 1. The van der Waals surface area contributed by atoms with Crippen molar-refractivity contribution >= 4 is 12.0 Å². The molecule has 10 heteroatoms. The zero-order valence-electron chi connectivity index (χ0n) is 16.6. The van der Waals surface area contributed by atoms with Gasteiger partial charge in [-0.15, -0.1) is 0 Å². The Hall–Kier alpha value is -2.07. The third-order valence-corrected chi connectivity index (χ3v) is 4.54. The third-order valence-electron chi connectivity index (χ3n) is 4.54. The van der Waals surface area contributed by atoms with Gasteiger partial charge in [0.2, 0.25) is 0 Å². The van der Waals surface area contributed by atoms with Gasteiger partial charge in [0.15, 0.2) is 0 Å². The molecule has 0 fully saturated rings. The van der Waals surface area contributed by atoms with Gasteiger partial charge in [0.1, 0.15) is 12.2 Å². The quantitative estimate of drug-likeness (QED) is 0.772. The molecule has 0 saturated heterocycles. The number of fused-ring (bicyclic) bond motifs is 3. The number of halogens is 2. The zero-order valence-corrected chi connectivity index (χ0v) is 16.6. The molecule has 0 N–H and O–H groups in total. The minimum Gasteiger partial charge on any atom is -0.443 e. The van der Waals surface area contributed by atoms with Gasteiger partial charge in [-0.25, -0.2) is 18.5 Å². The van der Waals surface area contributed by atoms with E-state index in [2.05, 4.69) is 5.10 Å². The van der Waals surface area contributed by atoms with Gasteiger partial charge < -0.3 is 9.47 Å². The highest BCUT2D eigenvalue weighted by molar-refractivity contribution is 6.05. The molecule has 156 valence electrons. The number of carbonyl (C=O) groups is 2. The molecule has 1 aromatic heterocycles. The number of nitrogens with zero attached hydrogens (tertiary/aromatic N) is 4. The number of carbonyl (C=O) groups excluding carboxylic acids is 2. The predicted molar refractivity (Wildman–Crippen MR) is 95.3 cm³/mol. The van der Waals surface area contributed by atoms with Crippen LogP contribution in [0.15, 0.2) is 0 Å². The lowest BCUT2D eigenvalue weighted by Crippen LogP contribution is -2.45. The van der Waals surface area contributed by atoms with Crippen molar-refractivity contribution in [1.82, 2.24) is 19.6 Å². The molecule has 0 spiro atoms. The standard InChI is InChI=1S/C18H26F2N4O4/c1-18(2,3)28-17(26)23-6-5-12-15(16(23)25)13-9-22(4)7-11(8-24(13)21-12)27-10-14(19)20/h11,14H,5-10H2,1-4H3/t11-/m1/s1. The monoisotopic (exact) mass is 400 g/mol. The first-order chi connectivity index (χ1) is 13.0. The van der Waals surface area contributed by atoms with Crippen molar-refractivity contribution in [2.24, 2.45) is 0 Å². The van der Waals surface area contributed by atoms with Gasteiger partial charge in [-0.05, 0) is 27.8 Å². The predicted octanol–water partition coefficient (Wildman–Crippen LogP) is 1.91. The lowest BCUT2D eigenvalue weighted by atomic mass is 10.0. The maximum absolute atomic E-state index is 13.0. The summed E-state index contributed by atoms with van der Waals surface area (Å²) < 4.78 is 37.3. The van der Waals surface area contributed by atoms with Crippen molar-refractivity contribution in [2.45, 2.75) is 58.4 Å². The van der Waals surface area contributed by atoms with Crippen LogP contribution in [0.2, 0.25) is 0 Å². The van der Waals surface area contributed by atoms with Crippen molar-refractivity contribution in [3.05, 3.63) is 17.0 Å². The molecule has 1 aromatic rings. The van der Waals surface area contributed by atoms with E-state index in [1.807, 2.05) is 11.9 Å². The maximum Gasteiger partial charge on any atom is 0.417 e. The molecule has 0 radical (unpaired) electrons. The number of amides is 2. The van der Waals surface area contributed by atoms with E-state index >= 15 is 0 Å². The molecule has 2 aliphatic rings. The Labute approximate surface area is 162 Å². The Kier molecular flexibility index (Phi) is 5.72. The van der Waals surface area contributed by atoms with Crippen molar-refractivity contribution < 1.29 is 27.8 Å². The molecule has 1 atom stereocenters. The van der Waals surface area contributed by atoms with Crippen LogP contribution in [0.25, 0.3) is 0 Å². The Morgan fingerprint density at radius 3 is 2.68 bits per heavy atom. The molecule has 0 saturated carbocycles. The minimum absolute atomic E-state index is 0.193. The van der Waals surface area contributed by atoms with E-state index in [0.717, 1.165) is 4.90 Å². The van der Waals surface area contributed by atoms with Gasteiger partial charge in [0.05, 0.1) is 29.6 Å². The molecule has 3 rings (SSSR count). The number of ether oxygens (including phenoxy) is 2. The van der Waals surface area contributed by atoms with Crippen LogP contribution in [0, 0.1) is 0 Å². The molecule has 2 amide bonds. The molecule has 0 aromatic carbocycles. The van der Waals surface area contributed by atoms with E-state index in [9.17, 15) is 18.4 Å². The Bertz CT molecular complexity index is 760. The number of likely N-dealkylation sites (N-methyl/N-ethyl adjacent to an activating group) is 1. The van der Waals surface area contributed by atoms with E-state index in [0.29, 0.717) is 36.5 Å². The average molecular weight is 400 g/mol. The maximum atomic E-state index is 13.0. The fourth-order valence-corrected chi connectivity index (χ4v) is 3.46. The minimum atomic E-state index is -2.54. The van der Waals surface area contributed by atoms with E-state index in [-0.39, 0.29) is 13.1 Å².